The molecule has 0 aliphatic heterocycles. The second-order valence-electron chi connectivity index (χ2n) is 9.81. The molecule has 0 fully saturated rings. The van der Waals surface area contributed by atoms with Gasteiger partial charge in [-0.25, -0.2) is 0 Å². The minimum absolute atomic E-state index is 0.184. The lowest BCUT2D eigenvalue weighted by molar-refractivity contribution is -0.123. The van der Waals surface area contributed by atoms with Crippen LogP contribution in [-0.4, -0.2) is 37.3 Å². The van der Waals surface area contributed by atoms with E-state index in [9.17, 15) is 18.0 Å². The minimum Gasteiger partial charge on any atom is -0.379 e. The molecule has 3 aromatic carbocycles. The fourth-order valence-electron chi connectivity index (χ4n) is 4.21. The van der Waals surface area contributed by atoms with Crippen molar-refractivity contribution in [3.63, 3.8) is 0 Å². The van der Waals surface area contributed by atoms with Gasteiger partial charge in [-0.3, -0.25) is 14.6 Å². The number of carbonyl (C=O) groups is 2. The summed E-state index contributed by atoms with van der Waals surface area (Å²) in [6, 6.07) is 27.1. The first-order valence-electron chi connectivity index (χ1n) is 13.6. The predicted molar refractivity (Wildman–Crippen MR) is 162 cm³/mol. The maximum atomic E-state index is 13.7. The Kier molecular flexibility index (Phi) is 10.6. The van der Waals surface area contributed by atoms with Crippen LogP contribution in [0.25, 0.3) is 0 Å². The van der Waals surface area contributed by atoms with Crippen molar-refractivity contribution in [3.05, 3.63) is 143 Å². The summed E-state index contributed by atoms with van der Waals surface area (Å²) in [5, 5.41) is 6.73. The summed E-state index contributed by atoms with van der Waals surface area (Å²) < 4.78 is 30.5. The van der Waals surface area contributed by atoms with Crippen LogP contribution in [-0.2, 0) is 27.8 Å². The summed E-state index contributed by atoms with van der Waals surface area (Å²) in [7, 11) is -4.08. The third-order valence-corrected chi connectivity index (χ3v) is 7.39. The lowest BCUT2D eigenvalue weighted by Crippen LogP contribution is -2.50. The first kappa shape index (κ1) is 30.2. The number of carbonyl (C=O) groups excluding carboxylic acids is 2. The molecule has 0 spiro atoms. The van der Waals surface area contributed by atoms with Crippen LogP contribution in [0.1, 0.15) is 33.5 Å². The molecule has 216 valence electrons. The number of hydrogen-bond donors (Lipinski definition) is 2. The molecule has 1 heterocycles. The summed E-state index contributed by atoms with van der Waals surface area (Å²) in [5.41, 5.74) is 3.35. The molecule has 4 aromatic rings. The van der Waals surface area contributed by atoms with E-state index in [0.717, 1.165) is 22.1 Å². The fraction of sp³-hybridized carbons (Fsp3) is 0.182. The van der Waals surface area contributed by atoms with Crippen LogP contribution < -0.4 is 14.8 Å². The topological polar surface area (TPSA) is 114 Å². The van der Waals surface area contributed by atoms with Crippen LogP contribution in [0.5, 0.6) is 5.75 Å². The molecule has 0 aliphatic rings. The van der Waals surface area contributed by atoms with Crippen molar-refractivity contribution >= 4 is 21.9 Å². The highest BCUT2D eigenvalue weighted by molar-refractivity contribution is 7.90. The van der Waals surface area contributed by atoms with Crippen LogP contribution in [0.2, 0.25) is 0 Å². The van der Waals surface area contributed by atoms with Gasteiger partial charge in [0.1, 0.15) is 11.8 Å². The summed E-state index contributed by atoms with van der Waals surface area (Å²) in [6.45, 7) is 1.97. The van der Waals surface area contributed by atoms with Crippen molar-refractivity contribution in [1.29, 1.82) is 0 Å². The van der Waals surface area contributed by atoms with E-state index in [1.807, 2.05) is 61.5 Å². The van der Waals surface area contributed by atoms with Crippen molar-refractivity contribution in [2.24, 2.45) is 0 Å². The Morgan fingerprint density at radius 1 is 0.833 bits per heavy atom. The van der Waals surface area contributed by atoms with Gasteiger partial charge in [-0.2, -0.15) is 8.42 Å². The van der Waals surface area contributed by atoms with Crippen LogP contribution in [0.4, 0.5) is 0 Å². The second kappa shape index (κ2) is 14.7. The molecule has 42 heavy (non-hydrogen) atoms. The quantitative estimate of drug-likeness (QED) is 0.219. The fourth-order valence-corrected chi connectivity index (χ4v) is 5.03. The Labute approximate surface area is 246 Å². The molecule has 0 saturated carbocycles. The Morgan fingerprint density at radius 3 is 2.14 bits per heavy atom. The summed E-state index contributed by atoms with van der Waals surface area (Å²) in [5.74, 6) is -0.675. The average Bonchev–Trinajstić information content (AvgIpc) is 3.00. The van der Waals surface area contributed by atoms with Crippen molar-refractivity contribution in [3.8, 4) is 5.75 Å². The third kappa shape index (κ3) is 9.71. The van der Waals surface area contributed by atoms with E-state index < -0.39 is 34.0 Å². The molecular weight excluding hydrogens is 550 g/mol. The second-order valence-corrected chi connectivity index (χ2v) is 11.2. The lowest BCUT2D eigenvalue weighted by atomic mass is 10.0. The highest BCUT2D eigenvalue weighted by Crippen LogP contribution is 2.14. The molecule has 0 saturated heterocycles. The Bertz CT molecular complexity index is 1580. The Hall–Kier alpha value is -4.76. The van der Waals surface area contributed by atoms with Gasteiger partial charge in [0.25, 0.3) is 5.91 Å². The molecule has 0 aliphatic carbocycles. The zero-order valence-electron chi connectivity index (χ0n) is 23.2. The molecule has 0 unspecified atom stereocenters. The maximum Gasteiger partial charge on any atom is 0.332 e. The number of hydrogen-bond acceptors (Lipinski definition) is 6. The van der Waals surface area contributed by atoms with Crippen LogP contribution in [0.3, 0.4) is 0 Å². The van der Waals surface area contributed by atoms with Gasteiger partial charge < -0.3 is 14.8 Å². The smallest absolute Gasteiger partial charge is 0.332 e. The van der Waals surface area contributed by atoms with Crippen molar-refractivity contribution in [2.75, 3.05) is 0 Å². The van der Waals surface area contributed by atoms with E-state index in [-0.39, 0.29) is 12.2 Å². The van der Waals surface area contributed by atoms with E-state index in [2.05, 4.69) is 15.6 Å². The Morgan fingerprint density at radius 2 is 1.48 bits per heavy atom. The highest BCUT2D eigenvalue weighted by Gasteiger charge is 2.24. The standard InChI is InChI=1S/C33H33N3O5S/c1-25-12-14-27(15-13-25)24-31(36-32(37)28-18-21-34-22-19-28)33(38)35-29(17-16-26-8-4-2-5-9-26)20-23-42(39,40)41-30-10-6-3-7-11-30/h2-15,18-23,29,31H,16-17,24H2,1H3,(H,35,38)(H,36,37)/b23-20+/t29-,31-/m0/s1. The van der Waals surface area contributed by atoms with Gasteiger partial charge in [-0.05, 0) is 61.2 Å². The lowest BCUT2D eigenvalue weighted by Gasteiger charge is -2.22. The van der Waals surface area contributed by atoms with Crippen LogP contribution >= 0.6 is 0 Å². The number of benzene rings is 3. The number of pyridine rings is 1. The van der Waals surface area contributed by atoms with Crippen molar-refractivity contribution in [1.82, 2.24) is 15.6 Å². The molecule has 0 radical (unpaired) electrons. The predicted octanol–water partition coefficient (Wildman–Crippen LogP) is 4.77. The van der Waals surface area contributed by atoms with Gasteiger partial charge in [0.2, 0.25) is 5.91 Å². The average molecular weight is 584 g/mol. The van der Waals surface area contributed by atoms with E-state index >= 15 is 0 Å². The molecule has 4 rings (SSSR count). The van der Waals surface area contributed by atoms with Gasteiger partial charge in [-0.1, -0.05) is 78.4 Å². The molecule has 2 N–H and O–H groups in total. The van der Waals surface area contributed by atoms with E-state index in [4.69, 9.17) is 4.18 Å². The zero-order chi connectivity index (χ0) is 29.8. The monoisotopic (exact) mass is 583 g/mol. The zero-order valence-corrected chi connectivity index (χ0v) is 24.0. The van der Waals surface area contributed by atoms with Crippen molar-refractivity contribution in [2.45, 2.75) is 38.3 Å². The van der Waals surface area contributed by atoms with Crippen LogP contribution in [0.15, 0.2) is 121 Å². The molecule has 9 heteroatoms. The van der Waals surface area contributed by atoms with Gasteiger partial charge in [0, 0.05) is 30.4 Å². The number of para-hydroxylation sites is 1. The summed E-state index contributed by atoms with van der Waals surface area (Å²) >= 11 is 0. The van der Waals surface area contributed by atoms with Gasteiger partial charge >= 0.3 is 10.1 Å². The number of aromatic nitrogens is 1. The molecular formula is C33H33N3O5S. The first-order chi connectivity index (χ1) is 20.3. The van der Waals surface area contributed by atoms with E-state index in [0.29, 0.717) is 18.4 Å². The first-order valence-corrected chi connectivity index (χ1v) is 15.0. The number of nitrogens with one attached hydrogen (secondary N) is 2. The number of nitrogens with zero attached hydrogens (tertiary/aromatic N) is 1. The molecule has 0 bridgehead atoms. The van der Waals surface area contributed by atoms with E-state index in [1.165, 1.54) is 18.5 Å². The van der Waals surface area contributed by atoms with Gasteiger partial charge in [0.05, 0.1) is 5.41 Å². The number of aryl methyl sites for hydroxylation is 2. The Balaban J connectivity index is 1.54. The largest absolute Gasteiger partial charge is 0.379 e. The van der Waals surface area contributed by atoms with E-state index in [1.54, 1.807) is 42.5 Å². The van der Waals surface area contributed by atoms with Gasteiger partial charge in [-0.15, -0.1) is 0 Å². The molecule has 2 atom stereocenters. The summed E-state index contributed by atoms with van der Waals surface area (Å²) in [4.78, 5) is 30.6. The van der Waals surface area contributed by atoms with Crippen molar-refractivity contribution < 1.29 is 22.2 Å². The number of amides is 2. The number of rotatable bonds is 13. The van der Waals surface area contributed by atoms with Crippen LogP contribution in [0, 0.1) is 6.92 Å². The molecule has 2 amide bonds. The highest BCUT2D eigenvalue weighted by atomic mass is 32.2. The maximum absolute atomic E-state index is 13.7. The molecule has 8 nitrogen and oxygen atoms in total. The SMILES string of the molecule is Cc1ccc(C[C@H](NC(=O)c2ccncc2)C(=O)N[C@H](/C=C/S(=O)(=O)Oc2ccccc2)CCc2ccccc2)cc1. The summed E-state index contributed by atoms with van der Waals surface area (Å²) in [6.07, 6.45) is 5.67. The van der Waals surface area contributed by atoms with Gasteiger partial charge in [0.15, 0.2) is 0 Å². The molecule has 1 aromatic heterocycles. The minimum atomic E-state index is -4.08. The third-order valence-electron chi connectivity index (χ3n) is 6.47. The normalized spacial score (nSPS) is 12.8.